The molecule has 0 bridgehead atoms. The van der Waals surface area contributed by atoms with E-state index in [1.165, 1.54) is 0 Å². The van der Waals surface area contributed by atoms with Gasteiger partial charge in [0.1, 0.15) is 31.0 Å². The van der Waals surface area contributed by atoms with E-state index in [9.17, 15) is 68.4 Å². The molecule has 0 saturated carbocycles. The van der Waals surface area contributed by atoms with Crippen LogP contribution in [-0.4, -0.2) is 195 Å². The highest BCUT2D eigenvalue weighted by Gasteiger charge is 2.28. The maximum absolute atomic E-state index is 13.3. The van der Waals surface area contributed by atoms with E-state index in [1.54, 1.807) is 9.80 Å². The highest BCUT2D eigenvalue weighted by Crippen LogP contribution is 2.17. The van der Waals surface area contributed by atoms with Crippen LogP contribution in [0.3, 0.4) is 0 Å². The fourth-order valence-corrected chi connectivity index (χ4v) is 8.83. The van der Waals surface area contributed by atoms with Gasteiger partial charge >= 0.3 is 41.8 Å². The minimum Gasteiger partial charge on any atom is -0.481 e. The molecule has 79 heavy (non-hydrogen) atoms. The molecule has 1 saturated heterocycles. The molecule has 0 aromatic heterocycles. The minimum absolute atomic E-state index is 0.00190. The van der Waals surface area contributed by atoms with Crippen LogP contribution in [0.2, 0.25) is 0 Å². The van der Waals surface area contributed by atoms with Crippen LogP contribution in [0.15, 0.2) is 54.6 Å². The zero-order chi connectivity index (χ0) is 58.0. The van der Waals surface area contributed by atoms with E-state index >= 15 is 0 Å². The van der Waals surface area contributed by atoms with Crippen molar-refractivity contribution in [3.63, 3.8) is 0 Å². The molecule has 0 radical (unpaired) electrons. The molecule has 4 atom stereocenters. The summed E-state index contributed by atoms with van der Waals surface area (Å²) in [5.41, 5.74) is 2.47. The molecule has 2 unspecified atom stereocenters. The summed E-state index contributed by atoms with van der Waals surface area (Å²) < 4.78 is 5.59. The number of carboxylic acids is 5. The van der Waals surface area contributed by atoms with Crippen LogP contribution >= 0.6 is 12.2 Å². The molecule has 0 aliphatic carbocycles. The van der Waals surface area contributed by atoms with Crippen molar-refractivity contribution < 1.29 is 78.2 Å². The molecule has 25 nitrogen and oxygen atoms in total. The number of carbonyl (C=O) groups is 10. The highest BCUT2D eigenvalue weighted by atomic mass is 32.1. The number of rotatable bonds is 37. The minimum atomic E-state index is -1.52. The second-order valence-electron chi connectivity index (χ2n) is 19.2. The predicted molar refractivity (Wildman–Crippen MR) is 292 cm³/mol. The van der Waals surface area contributed by atoms with Crippen molar-refractivity contribution in [1.82, 2.24) is 41.3 Å². The van der Waals surface area contributed by atoms with Crippen LogP contribution in [0.25, 0.3) is 0 Å². The number of nitrogens with zero attached hydrogens (tertiary/aromatic N) is 3. The third kappa shape index (κ3) is 29.3. The van der Waals surface area contributed by atoms with Crippen LogP contribution in [-0.2, 0) is 60.9 Å². The zero-order valence-corrected chi connectivity index (χ0v) is 45.3. The Bertz CT molecular complexity index is 2300. The van der Waals surface area contributed by atoms with Gasteiger partial charge in [0.2, 0.25) is 11.8 Å². The van der Waals surface area contributed by atoms with E-state index in [0.29, 0.717) is 109 Å². The molecular weight excluding hydrogens is 1050 g/mol. The number of aliphatic carboxylic acids is 5. The topological polar surface area (TPSA) is 363 Å². The van der Waals surface area contributed by atoms with Crippen LogP contribution < -0.4 is 31.9 Å². The Morgan fingerprint density at radius 1 is 0.595 bits per heavy atom. The summed E-state index contributed by atoms with van der Waals surface area (Å²) in [5, 5.41) is 63.0. The second-order valence-corrected chi connectivity index (χ2v) is 19.6. The summed E-state index contributed by atoms with van der Waals surface area (Å²) >= 11 is 5.54. The quantitative estimate of drug-likeness (QED) is 0.0200. The molecule has 2 aromatic carbocycles. The monoisotopic (exact) mass is 1130 g/mol. The van der Waals surface area contributed by atoms with Crippen molar-refractivity contribution in [2.24, 2.45) is 0 Å². The molecular formula is C53H77N9O16S. The largest absolute Gasteiger partial charge is 0.481 e. The molecule has 26 heteroatoms. The number of anilines is 1. The summed E-state index contributed by atoms with van der Waals surface area (Å²) in [6.07, 6.45) is 5.43. The van der Waals surface area contributed by atoms with Gasteiger partial charge in [-0.25, -0.2) is 19.2 Å². The second kappa shape index (κ2) is 37.5. The number of amides is 4. The molecule has 0 spiro atoms. The Hall–Kier alpha value is -7.29. The average Bonchev–Trinajstić information content (AvgIpc) is 3.46. The van der Waals surface area contributed by atoms with E-state index in [4.69, 9.17) is 22.1 Å². The number of aldehydes is 1. The molecule has 1 fully saturated rings. The van der Waals surface area contributed by atoms with Gasteiger partial charge in [0, 0.05) is 76.8 Å². The van der Waals surface area contributed by atoms with Crippen molar-refractivity contribution >= 4 is 83.0 Å². The molecule has 436 valence electrons. The van der Waals surface area contributed by atoms with E-state index in [0.717, 1.165) is 23.1 Å². The Morgan fingerprint density at radius 2 is 1.16 bits per heavy atom. The lowest BCUT2D eigenvalue weighted by Gasteiger charge is -2.33. The molecule has 3 rings (SSSR count). The third-order valence-corrected chi connectivity index (χ3v) is 13.1. The number of nitrogens with one attached hydrogen (secondary N) is 6. The van der Waals surface area contributed by atoms with E-state index in [-0.39, 0.29) is 76.3 Å². The summed E-state index contributed by atoms with van der Waals surface area (Å²) in [6, 6.07) is 11.7. The number of hydrogen-bond donors (Lipinski definition) is 11. The van der Waals surface area contributed by atoms with E-state index < -0.39 is 66.4 Å². The summed E-state index contributed by atoms with van der Waals surface area (Å²) in [5.74, 6) is -7.10. The van der Waals surface area contributed by atoms with Crippen LogP contribution in [0.1, 0.15) is 101 Å². The fraction of sp³-hybridized carbons (Fsp3) is 0.566. The number of unbranched alkanes of at least 4 members (excludes halogenated alkanes) is 5. The number of ether oxygens (including phenoxy) is 1. The smallest absolute Gasteiger partial charge is 0.328 e. The summed E-state index contributed by atoms with van der Waals surface area (Å²) in [6.45, 7) is 2.44. The summed E-state index contributed by atoms with van der Waals surface area (Å²) in [7, 11) is 0. The Morgan fingerprint density at radius 3 is 1.77 bits per heavy atom. The van der Waals surface area contributed by atoms with Crippen LogP contribution in [0, 0.1) is 0 Å². The molecule has 11 N–H and O–H groups in total. The Labute approximate surface area is 464 Å². The fourth-order valence-electron chi connectivity index (χ4n) is 8.61. The van der Waals surface area contributed by atoms with Crippen LogP contribution in [0.4, 0.5) is 10.5 Å². The summed E-state index contributed by atoms with van der Waals surface area (Å²) in [4.78, 5) is 125. The molecule has 2 aromatic rings. The maximum atomic E-state index is 13.3. The normalized spacial score (nSPS) is 15.3. The Balaban J connectivity index is 1.39. The van der Waals surface area contributed by atoms with Gasteiger partial charge in [0.15, 0.2) is 5.11 Å². The number of hydrogen-bond acceptors (Lipinski definition) is 15. The van der Waals surface area contributed by atoms with Crippen molar-refractivity contribution in [3.8, 4) is 0 Å². The first-order valence-corrected chi connectivity index (χ1v) is 26.9. The third-order valence-electron chi connectivity index (χ3n) is 12.8. The number of urea groups is 1. The first-order valence-electron chi connectivity index (χ1n) is 26.5. The zero-order valence-electron chi connectivity index (χ0n) is 44.4. The number of benzene rings is 2. The first kappa shape index (κ1) is 66.0. The molecule has 1 heterocycles. The number of carbonyl (C=O) groups excluding carboxylic acids is 5. The lowest BCUT2D eigenvalue weighted by molar-refractivity contribution is -0.149. The maximum Gasteiger partial charge on any atom is 0.328 e. The van der Waals surface area contributed by atoms with Gasteiger partial charge in [0.25, 0.3) is 0 Å². The lowest BCUT2D eigenvalue weighted by Crippen LogP contribution is -2.51. The van der Waals surface area contributed by atoms with Crippen molar-refractivity contribution in [1.29, 1.82) is 0 Å². The number of carboxylic acid groups (broad SMARTS) is 5. The first-order chi connectivity index (χ1) is 37.8. The number of esters is 1. The average molecular weight is 1130 g/mol. The van der Waals surface area contributed by atoms with Crippen molar-refractivity contribution in [2.45, 2.75) is 127 Å². The predicted octanol–water partition coefficient (Wildman–Crippen LogP) is 2.27. The Kier molecular flexibility index (Phi) is 31.3. The van der Waals surface area contributed by atoms with Gasteiger partial charge in [-0.05, 0) is 99.7 Å². The SMILES string of the molecule is O=CCN1CCN(CC(=O)O)CCN(CC(=O)O)CC1Cc1ccc(NC(=S)NCCCCC(NC(=O)CCCCCCC(=O)NCCCC[C@H](NC(=O)N[C@@H](CCC(=O)O)C(=O)O)C(=O)O)C(=O)OCc2ccccc2)cc1. The van der Waals surface area contributed by atoms with Crippen molar-refractivity contribution in [2.75, 3.05) is 70.8 Å². The van der Waals surface area contributed by atoms with Gasteiger partial charge in [0.05, 0.1) is 19.6 Å². The highest BCUT2D eigenvalue weighted by molar-refractivity contribution is 7.80. The van der Waals surface area contributed by atoms with Gasteiger partial charge in [-0.15, -0.1) is 0 Å². The van der Waals surface area contributed by atoms with E-state index in [2.05, 4.69) is 31.9 Å². The van der Waals surface area contributed by atoms with Gasteiger partial charge in [-0.3, -0.25) is 38.7 Å². The van der Waals surface area contributed by atoms with Gasteiger partial charge in [-0.2, -0.15) is 0 Å². The molecule has 4 amide bonds. The molecule has 1 aliphatic heterocycles. The van der Waals surface area contributed by atoms with E-state index in [1.807, 2.05) is 59.5 Å². The lowest BCUT2D eigenvalue weighted by atomic mass is 10.0. The van der Waals surface area contributed by atoms with Crippen LogP contribution in [0.5, 0.6) is 0 Å². The van der Waals surface area contributed by atoms with Gasteiger partial charge in [-0.1, -0.05) is 55.3 Å². The number of thiocarbonyl (C=S) groups is 1. The van der Waals surface area contributed by atoms with Crippen molar-refractivity contribution in [3.05, 3.63) is 65.7 Å². The molecule has 1 aliphatic rings. The van der Waals surface area contributed by atoms with Gasteiger partial charge < -0.3 is 67.0 Å². The standard InChI is InChI=1S/C53H77N9O16S/c63-31-30-62-29-28-60(34-47(68)69)26-27-61(35-48(70)71)33-40(62)32-37-18-20-39(21-19-37)56-53(79)55-25-11-9-15-43(51(76)78-36-38-12-4-3-5-13-38)57-45(65)17-7-2-1-6-16-44(64)54-24-10-8-14-41(49(72)73)58-52(77)59-42(50(74)75)22-23-46(66)67/h3-5,12-13,18-21,31,40-43H,1-2,6-11,14-17,22-30,32-36H2,(H,54,64)(H,57,65)(H,66,67)(H,68,69)(H,70,71)(H,72,73)(H,74,75)(H2,55,56,79)(H2,58,59,77)/t40?,41-,42-,43?/m0/s1.